The number of rotatable bonds is 6. The Morgan fingerprint density at radius 1 is 1.52 bits per heavy atom. The van der Waals surface area contributed by atoms with Crippen molar-refractivity contribution in [3.63, 3.8) is 0 Å². The molecule has 0 aliphatic rings. The van der Waals surface area contributed by atoms with Crippen LogP contribution in [-0.2, 0) is 0 Å². The summed E-state index contributed by atoms with van der Waals surface area (Å²) in [6, 6.07) is 0.0250. The molecular formula is C12H17BrN6OS. The summed E-state index contributed by atoms with van der Waals surface area (Å²) in [5, 5.41) is 11.0. The molecule has 0 bridgehead atoms. The van der Waals surface area contributed by atoms with E-state index in [1.54, 1.807) is 10.8 Å². The molecule has 2 N–H and O–H groups in total. The SMILES string of the molecule is CCCNc1ncc(Br)c(Sc2n[nH]c(=O)n2C(C)C)n1. The van der Waals surface area contributed by atoms with E-state index in [4.69, 9.17) is 0 Å². The number of anilines is 1. The van der Waals surface area contributed by atoms with E-state index in [-0.39, 0.29) is 11.7 Å². The van der Waals surface area contributed by atoms with Gasteiger partial charge >= 0.3 is 5.69 Å². The van der Waals surface area contributed by atoms with Crippen LogP contribution in [0.1, 0.15) is 33.2 Å². The molecule has 2 aromatic heterocycles. The van der Waals surface area contributed by atoms with Crippen LogP contribution < -0.4 is 11.0 Å². The molecule has 21 heavy (non-hydrogen) atoms. The van der Waals surface area contributed by atoms with Crippen molar-refractivity contribution in [2.24, 2.45) is 0 Å². The first-order valence-electron chi connectivity index (χ1n) is 6.64. The first-order chi connectivity index (χ1) is 10.0. The molecule has 0 fully saturated rings. The number of nitrogens with zero attached hydrogens (tertiary/aromatic N) is 4. The highest BCUT2D eigenvalue weighted by Gasteiger charge is 2.15. The van der Waals surface area contributed by atoms with Gasteiger partial charge in [0.05, 0.1) is 4.47 Å². The summed E-state index contributed by atoms with van der Waals surface area (Å²) in [7, 11) is 0. The topological polar surface area (TPSA) is 88.5 Å². The second-order valence-corrected chi connectivity index (χ2v) is 6.46. The Kier molecular flexibility index (Phi) is 5.40. The summed E-state index contributed by atoms with van der Waals surface area (Å²) in [6.45, 7) is 6.76. The van der Waals surface area contributed by atoms with Gasteiger partial charge < -0.3 is 5.32 Å². The van der Waals surface area contributed by atoms with Crippen molar-refractivity contribution in [1.82, 2.24) is 24.7 Å². The highest BCUT2D eigenvalue weighted by atomic mass is 79.9. The third-order valence-electron chi connectivity index (χ3n) is 2.62. The van der Waals surface area contributed by atoms with Gasteiger partial charge in [-0.2, -0.15) is 0 Å². The van der Waals surface area contributed by atoms with Gasteiger partial charge in [-0.1, -0.05) is 6.92 Å². The van der Waals surface area contributed by atoms with Crippen LogP contribution in [0, 0.1) is 0 Å². The number of H-pyrrole nitrogens is 1. The largest absolute Gasteiger partial charge is 0.354 e. The van der Waals surface area contributed by atoms with Crippen molar-refractivity contribution in [2.45, 2.75) is 43.4 Å². The minimum Gasteiger partial charge on any atom is -0.354 e. The second-order valence-electron chi connectivity index (χ2n) is 4.65. The average Bonchev–Trinajstić information content (AvgIpc) is 2.80. The van der Waals surface area contributed by atoms with E-state index < -0.39 is 0 Å². The zero-order valence-corrected chi connectivity index (χ0v) is 14.5. The molecule has 0 amide bonds. The molecule has 0 aromatic carbocycles. The molecule has 9 heteroatoms. The van der Waals surface area contributed by atoms with Crippen LogP contribution in [0.3, 0.4) is 0 Å². The van der Waals surface area contributed by atoms with Crippen LogP contribution in [0.4, 0.5) is 5.95 Å². The Labute approximate surface area is 135 Å². The minimum atomic E-state index is -0.220. The summed E-state index contributed by atoms with van der Waals surface area (Å²) in [5.41, 5.74) is -0.220. The van der Waals surface area contributed by atoms with Crippen molar-refractivity contribution in [1.29, 1.82) is 0 Å². The lowest BCUT2D eigenvalue weighted by molar-refractivity contribution is 0.534. The Hall–Kier alpha value is -1.35. The monoisotopic (exact) mass is 372 g/mol. The van der Waals surface area contributed by atoms with Crippen molar-refractivity contribution in [3.05, 3.63) is 21.2 Å². The maximum Gasteiger partial charge on any atom is 0.344 e. The van der Waals surface area contributed by atoms with E-state index in [0.29, 0.717) is 16.1 Å². The predicted octanol–water partition coefficient (Wildman–Crippen LogP) is 2.68. The van der Waals surface area contributed by atoms with Crippen LogP contribution in [0.25, 0.3) is 0 Å². The average molecular weight is 373 g/mol. The van der Waals surface area contributed by atoms with Crippen molar-refractivity contribution in [3.8, 4) is 0 Å². The molecule has 7 nitrogen and oxygen atoms in total. The maximum absolute atomic E-state index is 11.7. The lowest BCUT2D eigenvalue weighted by atomic mass is 10.4. The molecule has 0 spiro atoms. The molecular weight excluding hydrogens is 356 g/mol. The van der Waals surface area contributed by atoms with Crippen LogP contribution in [-0.4, -0.2) is 31.3 Å². The number of hydrogen-bond donors (Lipinski definition) is 2. The second kappa shape index (κ2) is 7.08. The first kappa shape index (κ1) is 16.0. The fraction of sp³-hybridized carbons (Fsp3) is 0.500. The van der Waals surface area contributed by atoms with Gasteiger partial charge in [-0.3, -0.25) is 4.57 Å². The fourth-order valence-corrected chi connectivity index (χ4v) is 3.02. The van der Waals surface area contributed by atoms with E-state index in [9.17, 15) is 4.79 Å². The van der Waals surface area contributed by atoms with Crippen molar-refractivity contribution in [2.75, 3.05) is 11.9 Å². The zero-order valence-electron chi connectivity index (χ0n) is 12.1. The van der Waals surface area contributed by atoms with Crippen molar-refractivity contribution >= 4 is 33.6 Å². The van der Waals surface area contributed by atoms with E-state index in [2.05, 4.69) is 48.3 Å². The predicted molar refractivity (Wildman–Crippen MR) is 85.9 cm³/mol. The highest BCUT2D eigenvalue weighted by molar-refractivity contribution is 9.10. The molecule has 114 valence electrons. The normalized spacial score (nSPS) is 11.1. The van der Waals surface area contributed by atoms with Gasteiger partial charge in [0.15, 0.2) is 5.16 Å². The third kappa shape index (κ3) is 3.85. The Morgan fingerprint density at radius 3 is 2.95 bits per heavy atom. The first-order valence-corrected chi connectivity index (χ1v) is 8.25. The number of nitrogens with one attached hydrogen (secondary N) is 2. The van der Waals surface area contributed by atoms with Crippen LogP contribution >= 0.6 is 27.7 Å². The van der Waals surface area contributed by atoms with Gasteiger partial charge in [-0.15, -0.1) is 5.10 Å². The number of aromatic nitrogens is 5. The zero-order chi connectivity index (χ0) is 15.4. The van der Waals surface area contributed by atoms with Crippen LogP contribution in [0.15, 0.2) is 25.6 Å². The van der Waals surface area contributed by atoms with E-state index in [1.807, 2.05) is 13.8 Å². The fourth-order valence-electron chi connectivity index (χ4n) is 1.65. The third-order valence-corrected chi connectivity index (χ3v) is 4.44. The summed E-state index contributed by atoms with van der Waals surface area (Å²) in [4.78, 5) is 20.4. The minimum absolute atomic E-state index is 0.0250. The molecule has 2 heterocycles. The molecule has 0 aliphatic heterocycles. The van der Waals surface area contributed by atoms with Crippen molar-refractivity contribution < 1.29 is 0 Å². The highest BCUT2D eigenvalue weighted by Crippen LogP contribution is 2.31. The van der Waals surface area contributed by atoms with Gasteiger partial charge in [-0.05, 0) is 48.0 Å². The summed E-state index contributed by atoms with van der Waals surface area (Å²) in [6.07, 6.45) is 2.69. The number of hydrogen-bond acceptors (Lipinski definition) is 6. The summed E-state index contributed by atoms with van der Waals surface area (Å²) in [5.74, 6) is 0.566. The lowest BCUT2D eigenvalue weighted by Crippen LogP contribution is -2.19. The van der Waals surface area contributed by atoms with Gasteiger partial charge in [-0.25, -0.2) is 19.9 Å². The molecule has 0 unspecified atom stereocenters. The number of aromatic amines is 1. The van der Waals surface area contributed by atoms with E-state index in [1.165, 1.54) is 11.8 Å². The van der Waals surface area contributed by atoms with E-state index >= 15 is 0 Å². The lowest BCUT2D eigenvalue weighted by Gasteiger charge is -2.09. The number of halogens is 1. The van der Waals surface area contributed by atoms with Gasteiger partial charge in [0, 0.05) is 18.8 Å². The van der Waals surface area contributed by atoms with Gasteiger partial charge in [0.25, 0.3) is 0 Å². The Balaban J connectivity index is 2.29. The quantitative estimate of drug-likeness (QED) is 0.757. The molecule has 0 radical (unpaired) electrons. The van der Waals surface area contributed by atoms with Crippen LogP contribution in [0.2, 0.25) is 0 Å². The Bertz CT molecular complexity index is 668. The standard InChI is InChI=1S/C12H17BrN6OS/c1-4-5-14-10-15-6-8(13)9(16-10)21-12-18-17-11(20)19(12)7(2)3/h6-7H,4-5H2,1-3H3,(H,17,20)(H,14,15,16). The molecule has 2 rings (SSSR count). The van der Waals surface area contributed by atoms with Gasteiger partial charge in [0.2, 0.25) is 5.95 Å². The summed E-state index contributed by atoms with van der Waals surface area (Å²) < 4.78 is 2.36. The molecule has 0 saturated heterocycles. The summed E-state index contributed by atoms with van der Waals surface area (Å²) >= 11 is 4.75. The van der Waals surface area contributed by atoms with Gasteiger partial charge in [0.1, 0.15) is 5.03 Å². The molecule has 2 aromatic rings. The maximum atomic E-state index is 11.7. The smallest absolute Gasteiger partial charge is 0.344 e. The molecule has 0 atom stereocenters. The molecule has 0 saturated carbocycles. The molecule has 0 aliphatic carbocycles. The Morgan fingerprint density at radius 2 is 2.29 bits per heavy atom. The van der Waals surface area contributed by atoms with E-state index in [0.717, 1.165) is 17.4 Å². The van der Waals surface area contributed by atoms with Crippen LogP contribution in [0.5, 0.6) is 0 Å².